The van der Waals surface area contributed by atoms with Gasteiger partial charge in [-0.3, -0.25) is 9.59 Å². The van der Waals surface area contributed by atoms with Crippen molar-refractivity contribution in [1.82, 2.24) is 14.4 Å². The minimum atomic E-state index is -0.243. The molecule has 0 aliphatic heterocycles. The van der Waals surface area contributed by atoms with Crippen molar-refractivity contribution >= 4 is 35.0 Å². The van der Waals surface area contributed by atoms with Crippen molar-refractivity contribution in [3.8, 4) is 0 Å². The maximum atomic E-state index is 13.2. The summed E-state index contributed by atoms with van der Waals surface area (Å²) in [5, 5.41) is 0.701. The van der Waals surface area contributed by atoms with Gasteiger partial charge in [0, 0.05) is 50.8 Å². The van der Waals surface area contributed by atoms with E-state index in [1.54, 1.807) is 30.2 Å². The van der Waals surface area contributed by atoms with Crippen molar-refractivity contribution < 1.29 is 14.3 Å². The molecule has 1 saturated carbocycles. The molecule has 1 aromatic heterocycles. The Labute approximate surface area is 187 Å². The van der Waals surface area contributed by atoms with E-state index in [4.69, 9.17) is 27.9 Å². The molecule has 1 aromatic carbocycles. The number of carbonyl (C=O) groups excluding carboxylic acids is 2. The highest BCUT2D eigenvalue weighted by molar-refractivity contribution is 6.42. The molecule has 30 heavy (non-hydrogen) atoms. The van der Waals surface area contributed by atoms with E-state index in [2.05, 4.69) is 0 Å². The Morgan fingerprint density at radius 3 is 2.57 bits per heavy atom. The minimum Gasteiger partial charge on any atom is -0.385 e. The van der Waals surface area contributed by atoms with Crippen LogP contribution in [0.15, 0.2) is 36.5 Å². The van der Waals surface area contributed by atoms with Crippen LogP contribution in [0.3, 0.4) is 0 Å². The number of benzene rings is 1. The van der Waals surface area contributed by atoms with E-state index >= 15 is 0 Å². The largest absolute Gasteiger partial charge is 0.385 e. The third-order valence-electron chi connectivity index (χ3n) is 5.25. The molecule has 0 N–H and O–H groups in total. The van der Waals surface area contributed by atoms with Crippen molar-refractivity contribution in [2.45, 2.75) is 31.8 Å². The van der Waals surface area contributed by atoms with Crippen LogP contribution in [0, 0.1) is 0 Å². The van der Waals surface area contributed by atoms with E-state index in [1.807, 2.05) is 34.8 Å². The molecule has 2 amide bonds. The number of ether oxygens (including phenoxy) is 1. The fourth-order valence-electron chi connectivity index (χ4n) is 3.36. The van der Waals surface area contributed by atoms with Crippen LogP contribution in [0.2, 0.25) is 10.0 Å². The first-order valence-electron chi connectivity index (χ1n) is 10.0. The Bertz CT molecular complexity index is 896. The number of carbonyl (C=O) groups is 2. The number of hydrogen-bond donors (Lipinski definition) is 0. The summed E-state index contributed by atoms with van der Waals surface area (Å²) in [5.41, 5.74) is 1.48. The summed E-state index contributed by atoms with van der Waals surface area (Å²) in [6.07, 6.45) is 4.61. The standard InChI is InChI=1S/C22H27Cl2N3O3/c1-25-10-3-5-18(25)14-27(17-7-8-17)21(28)15-26(11-4-12-30-2)22(29)16-6-9-19(23)20(24)13-16/h3,5-6,9-10,13,17H,4,7-8,11-12,14-15H2,1-2H3. The SMILES string of the molecule is COCCCN(CC(=O)N(Cc1cccn1C)C1CC1)C(=O)c1ccc(Cl)c(Cl)c1. The minimum absolute atomic E-state index is 0.0176. The summed E-state index contributed by atoms with van der Waals surface area (Å²) in [7, 11) is 3.58. The molecule has 6 nitrogen and oxygen atoms in total. The van der Waals surface area contributed by atoms with Gasteiger partial charge in [0.1, 0.15) is 6.54 Å². The van der Waals surface area contributed by atoms with Gasteiger partial charge in [-0.2, -0.15) is 0 Å². The van der Waals surface area contributed by atoms with Crippen LogP contribution in [-0.2, 0) is 23.1 Å². The average Bonchev–Trinajstić information content (AvgIpc) is 3.48. The van der Waals surface area contributed by atoms with Gasteiger partial charge in [-0.15, -0.1) is 0 Å². The fourth-order valence-corrected chi connectivity index (χ4v) is 3.66. The van der Waals surface area contributed by atoms with Gasteiger partial charge in [0.2, 0.25) is 5.91 Å². The van der Waals surface area contributed by atoms with Crippen LogP contribution in [0.5, 0.6) is 0 Å². The van der Waals surface area contributed by atoms with Crippen LogP contribution >= 0.6 is 23.2 Å². The monoisotopic (exact) mass is 451 g/mol. The lowest BCUT2D eigenvalue weighted by atomic mass is 10.2. The van der Waals surface area contributed by atoms with E-state index in [1.165, 1.54) is 0 Å². The van der Waals surface area contributed by atoms with Gasteiger partial charge in [-0.1, -0.05) is 23.2 Å². The van der Waals surface area contributed by atoms with Gasteiger partial charge in [0.05, 0.1) is 16.6 Å². The molecule has 1 aliphatic rings. The van der Waals surface area contributed by atoms with Crippen molar-refractivity contribution in [3.05, 3.63) is 57.8 Å². The highest BCUT2D eigenvalue weighted by Crippen LogP contribution is 2.29. The second-order valence-corrected chi connectivity index (χ2v) is 8.38. The van der Waals surface area contributed by atoms with Gasteiger partial charge in [-0.25, -0.2) is 0 Å². The number of halogens is 2. The Balaban J connectivity index is 1.75. The van der Waals surface area contributed by atoms with E-state index in [-0.39, 0.29) is 24.4 Å². The van der Waals surface area contributed by atoms with Gasteiger partial charge in [0.15, 0.2) is 0 Å². The highest BCUT2D eigenvalue weighted by atomic mass is 35.5. The Morgan fingerprint density at radius 2 is 1.97 bits per heavy atom. The molecule has 0 spiro atoms. The summed E-state index contributed by atoms with van der Waals surface area (Å²) in [6.45, 7) is 1.49. The fraction of sp³-hybridized carbons (Fsp3) is 0.455. The summed E-state index contributed by atoms with van der Waals surface area (Å²) in [6, 6.07) is 9.00. The summed E-state index contributed by atoms with van der Waals surface area (Å²) < 4.78 is 7.14. The number of rotatable bonds is 10. The summed E-state index contributed by atoms with van der Waals surface area (Å²) >= 11 is 12.1. The second-order valence-electron chi connectivity index (χ2n) is 7.57. The van der Waals surface area contributed by atoms with Gasteiger partial charge >= 0.3 is 0 Å². The lowest BCUT2D eigenvalue weighted by molar-refractivity contribution is -0.133. The predicted octanol–water partition coefficient (Wildman–Crippen LogP) is 4.00. The quantitative estimate of drug-likeness (QED) is 0.512. The molecule has 1 fully saturated rings. The first-order chi connectivity index (χ1) is 14.4. The summed E-state index contributed by atoms with van der Waals surface area (Å²) in [5.74, 6) is -0.294. The van der Waals surface area contributed by atoms with E-state index in [0.29, 0.717) is 41.7 Å². The number of hydrogen-bond acceptors (Lipinski definition) is 3. The zero-order valence-corrected chi connectivity index (χ0v) is 18.8. The molecule has 0 atom stereocenters. The third kappa shape index (κ3) is 5.78. The lowest BCUT2D eigenvalue weighted by Crippen LogP contribution is -2.44. The smallest absolute Gasteiger partial charge is 0.254 e. The van der Waals surface area contributed by atoms with Gasteiger partial charge in [0.25, 0.3) is 5.91 Å². The molecule has 3 rings (SSSR count). The van der Waals surface area contributed by atoms with Crippen molar-refractivity contribution in [2.75, 3.05) is 26.8 Å². The van der Waals surface area contributed by atoms with Crippen molar-refractivity contribution in [2.24, 2.45) is 7.05 Å². The number of aromatic nitrogens is 1. The van der Waals surface area contributed by atoms with E-state index < -0.39 is 0 Å². The van der Waals surface area contributed by atoms with E-state index in [0.717, 1.165) is 18.5 Å². The first kappa shape index (κ1) is 22.7. The Kier molecular flexibility index (Phi) is 7.81. The number of amides is 2. The maximum Gasteiger partial charge on any atom is 0.254 e. The predicted molar refractivity (Wildman–Crippen MR) is 118 cm³/mol. The zero-order valence-electron chi connectivity index (χ0n) is 17.3. The first-order valence-corrected chi connectivity index (χ1v) is 10.8. The van der Waals surface area contributed by atoms with Crippen LogP contribution in [0.25, 0.3) is 0 Å². The van der Waals surface area contributed by atoms with Crippen LogP contribution in [-0.4, -0.2) is 59.0 Å². The molecule has 1 heterocycles. The number of aryl methyl sites for hydroxylation is 1. The van der Waals surface area contributed by atoms with Crippen LogP contribution < -0.4 is 0 Å². The Hall–Kier alpha value is -2.02. The van der Waals surface area contributed by atoms with Gasteiger partial charge in [-0.05, 0) is 49.6 Å². The number of nitrogens with zero attached hydrogens (tertiary/aromatic N) is 3. The van der Waals surface area contributed by atoms with Crippen molar-refractivity contribution in [3.63, 3.8) is 0 Å². The van der Waals surface area contributed by atoms with Gasteiger partial charge < -0.3 is 19.1 Å². The molecule has 0 saturated heterocycles. The number of methoxy groups -OCH3 is 1. The molecule has 0 bridgehead atoms. The highest BCUT2D eigenvalue weighted by Gasteiger charge is 2.34. The zero-order chi connectivity index (χ0) is 21.7. The normalized spacial score (nSPS) is 13.3. The molecular weight excluding hydrogens is 425 g/mol. The molecule has 0 unspecified atom stereocenters. The Morgan fingerprint density at radius 1 is 1.20 bits per heavy atom. The molecule has 8 heteroatoms. The average molecular weight is 452 g/mol. The van der Waals surface area contributed by atoms with Crippen LogP contribution in [0.1, 0.15) is 35.3 Å². The summed E-state index contributed by atoms with van der Waals surface area (Å²) in [4.78, 5) is 29.8. The molecule has 162 valence electrons. The maximum absolute atomic E-state index is 13.2. The lowest BCUT2D eigenvalue weighted by Gasteiger charge is -2.28. The molecule has 0 radical (unpaired) electrons. The van der Waals surface area contributed by atoms with Crippen molar-refractivity contribution in [1.29, 1.82) is 0 Å². The molecule has 1 aliphatic carbocycles. The van der Waals surface area contributed by atoms with E-state index in [9.17, 15) is 9.59 Å². The third-order valence-corrected chi connectivity index (χ3v) is 5.99. The molecule has 2 aromatic rings. The molecular formula is C22H27Cl2N3O3. The topological polar surface area (TPSA) is 54.8 Å². The van der Waals surface area contributed by atoms with Crippen LogP contribution in [0.4, 0.5) is 0 Å². The second kappa shape index (κ2) is 10.3.